The van der Waals surface area contributed by atoms with Crippen LogP contribution in [0, 0.1) is 24.7 Å². The van der Waals surface area contributed by atoms with E-state index in [1.54, 1.807) is 0 Å². The summed E-state index contributed by atoms with van der Waals surface area (Å²) in [5, 5.41) is 3.10. The maximum Gasteiger partial charge on any atom is 0.228 e. The summed E-state index contributed by atoms with van der Waals surface area (Å²) in [6.07, 6.45) is 9.45. The molecule has 0 bridgehead atoms. The molecule has 2 heteroatoms. The second-order valence-corrected chi connectivity index (χ2v) is 5.78. The molecule has 0 spiro atoms. The van der Waals surface area contributed by atoms with Crippen LogP contribution in [0.1, 0.15) is 31.2 Å². The maximum atomic E-state index is 12.4. The van der Waals surface area contributed by atoms with Gasteiger partial charge in [-0.1, -0.05) is 36.8 Å². The molecule has 0 aliphatic heterocycles. The average Bonchev–Trinajstić information content (AvgIpc) is 3.03. The van der Waals surface area contributed by atoms with Crippen molar-refractivity contribution in [1.29, 1.82) is 0 Å². The highest BCUT2D eigenvalue weighted by atomic mass is 16.2. The summed E-state index contributed by atoms with van der Waals surface area (Å²) in [5.41, 5.74) is 2.08. The summed E-state index contributed by atoms with van der Waals surface area (Å²) < 4.78 is 0. The fourth-order valence-electron chi connectivity index (χ4n) is 3.23. The summed E-state index contributed by atoms with van der Waals surface area (Å²) in [7, 11) is 0. The SMILES string of the molecule is Cc1ccccc1NC(=O)[C@H]1[C@H]2C=CCCCC[C@@H]21. The first-order chi connectivity index (χ1) is 9.27. The van der Waals surface area contributed by atoms with Crippen molar-refractivity contribution >= 4 is 11.6 Å². The molecule has 0 heterocycles. The van der Waals surface area contributed by atoms with Gasteiger partial charge in [0.2, 0.25) is 5.91 Å². The average molecular weight is 255 g/mol. The van der Waals surface area contributed by atoms with E-state index in [1.165, 1.54) is 25.7 Å². The standard InChI is InChI=1S/C17H21NO/c1-12-8-6-7-11-15(12)18-17(19)16-13-9-4-2-3-5-10-14(13)16/h4,6-9,11,13-14,16H,2-3,5,10H2,1H3,(H,18,19)/t13-,14-,16-/m0/s1. The highest BCUT2D eigenvalue weighted by Gasteiger charge is 2.52. The molecule has 2 aliphatic carbocycles. The van der Waals surface area contributed by atoms with Crippen molar-refractivity contribution in [3.63, 3.8) is 0 Å². The van der Waals surface area contributed by atoms with Gasteiger partial charge in [-0.2, -0.15) is 0 Å². The molecule has 0 radical (unpaired) electrons. The van der Waals surface area contributed by atoms with Crippen LogP contribution in [0.15, 0.2) is 36.4 Å². The first kappa shape index (κ1) is 12.5. The summed E-state index contributed by atoms with van der Waals surface area (Å²) in [6.45, 7) is 2.03. The number of aryl methyl sites for hydroxylation is 1. The van der Waals surface area contributed by atoms with Gasteiger partial charge >= 0.3 is 0 Å². The molecule has 1 saturated carbocycles. The predicted octanol–water partition coefficient (Wildman–Crippen LogP) is 3.93. The van der Waals surface area contributed by atoms with Gasteiger partial charge in [0.15, 0.2) is 0 Å². The first-order valence-electron chi connectivity index (χ1n) is 7.30. The van der Waals surface area contributed by atoms with Crippen LogP contribution < -0.4 is 5.32 Å². The summed E-state index contributed by atoms with van der Waals surface area (Å²) in [6, 6.07) is 7.98. The number of carbonyl (C=O) groups is 1. The van der Waals surface area contributed by atoms with Crippen molar-refractivity contribution in [2.24, 2.45) is 17.8 Å². The molecule has 2 aliphatic rings. The molecule has 100 valence electrons. The lowest BCUT2D eigenvalue weighted by Gasteiger charge is -2.07. The Bertz CT molecular complexity index is 506. The van der Waals surface area contributed by atoms with E-state index >= 15 is 0 Å². The number of hydrogen-bond acceptors (Lipinski definition) is 1. The molecule has 1 fully saturated rings. The topological polar surface area (TPSA) is 29.1 Å². The van der Waals surface area contributed by atoms with E-state index in [0.29, 0.717) is 11.8 Å². The van der Waals surface area contributed by atoms with Gasteiger partial charge in [-0.3, -0.25) is 4.79 Å². The van der Waals surface area contributed by atoms with Crippen molar-refractivity contribution in [1.82, 2.24) is 0 Å². The Morgan fingerprint density at radius 3 is 2.95 bits per heavy atom. The normalized spacial score (nSPS) is 29.0. The smallest absolute Gasteiger partial charge is 0.228 e. The lowest BCUT2D eigenvalue weighted by atomic mass is 10.1. The van der Waals surface area contributed by atoms with E-state index in [2.05, 4.69) is 17.5 Å². The van der Waals surface area contributed by atoms with Gasteiger partial charge in [-0.05, 0) is 49.7 Å². The van der Waals surface area contributed by atoms with Gasteiger partial charge in [-0.15, -0.1) is 0 Å². The molecule has 1 N–H and O–H groups in total. The Labute approximate surface area is 114 Å². The van der Waals surface area contributed by atoms with Gasteiger partial charge in [-0.25, -0.2) is 0 Å². The Morgan fingerprint density at radius 1 is 1.26 bits per heavy atom. The number of carbonyl (C=O) groups excluding carboxylic acids is 1. The maximum absolute atomic E-state index is 12.4. The second kappa shape index (κ2) is 5.20. The lowest BCUT2D eigenvalue weighted by molar-refractivity contribution is -0.117. The summed E-state index contributed by atoms with van der Waals surface area (Å²) in [5.74, 6) is 1.48. The zero-order valence-electron chi connectivity index (χ0n) is 11.4. The van der Waals surface area contributed by atoms with Crippen molar-refractivity contribution in [3.8, 4) is 0 Å². The van der Waals surface area contributed by atoms with Gasteiger partial charge < -0.3 is 5.32 Å². The Morgan fingerprint density at radius 2 is 2.11 bits per heavy atom. The van der Waals surface area contributed by atoms with E-state index in [4.69, 9.17) is 0 Å². The van der Waals surface area contributed by atoms with Gasteiger partial charge in [0, 0.05) is 11.6 Å². The fourth-order valence-corrected chi connectivity index (χ4v) is 3.23. The highest BCUT2D eigenvalue weighted by molar-refractivity contribution is 5.95. The first-order valence-corrected chi connectivity index (χ1v) is 7.30. The summed E-state index contributed by atoms with van der Waals surface area (Å²) in [4.78, 5) is 12.4. The molecule has 0 aromatic heterocycles. The molecular weight excluding hydrogens is 234 g/mol. The number of para-hydroxylation sites is 1. The number of rotatable bonds is 2. The van der Waals surface area contributed by atoms with Crippen LogP contribution in [-0.2, 0) is 4.79 Å². The van der Waals surface area contributed by atoms with Gasteiger partial charge in [0.05, 0.1) is 0 Å². The van der Waals surface area contributed by atoms with E-state index in [-0.39, 0.29) is 11.8 Å². The molecule has 2 nitrogen and oxygen atoms in total. The highest BCUT2D eigenvalue weighted by Crippen LogP contribution is 2.51. The summed E-state index contributed by atoms with van der Waals surface area (Å²) >= 11 is 0. The van der Waals surface area contributed by atoms with E-state index in [1.807, 2.05) is 31.2 Å². The molecule has 0 saturated heterocycles. The van der Waals surface area contributed by atoms with Crippen LogP contribution in [0.2, 0.25) is 0 Å². The van der Waals surface area contributed by atoms with Gasteiger partial charge in [0.1, 0.15) is 0 Å². The Kier molecular flexibility index (Phi) is 3.41. The van der Waals surface area contributed by atoms with Crippen LogP contribution in [0.3, 0.4) is 0 Å². The Balaban J connectivity index is 1.67. The van der Waals surface area contributed by atoms with Crippen molar-refractivity contribution in [3.05, 3.63) is 42.0 Å². The van der Waals surface area contributed by atoms with Crippen LogP contribution in [-0.4, -0.2) is 5.91 Å². The van der Waals surface area contributed by atoms with Gasteiger partial charge in [0.25, 0.3) is 0 Å². The van der Waals surface area contributed by atoms with Crippen molar-refractivity contribution in [2.45, 2.75) is 32.6 Å². The molecule has 1 amide bonds. The number of fused-ring (bicyclic) bond motifs is 1. The third kappa shape index (κ3) is 2.58. The third-order valence-electron chi connectivity index (χ3n) is 4.45. The zero-order valence-corrected chi connectivity index (χ0v) is 11.4. The monoisotopic (exact) mass is 255 g/mol. The Hall–Kier alpha value is -1.57. The van der Waals surface area contributed by atoms with Crippen LogP contribution in [0.25, 0.3) is 0 Å². The third-order valence-corrected chi connectivity index (χ3v) is 4.45. The van der Waals surface area contributed by atoms with Crippen LogP contribution >= 0.6 is 0 Å². The number of amides is 1. The van der Waals surface area contributed by atoms with E-state index in [9.17, 15) is 4.79 Å². The predicted molar refractivity (Wildman–Crippen MR) is 77.9 cm³/mol. The molecular formula is C17H21NO. The molecule has 1 aromatic rings. The molecule has 1 aromatic carbocycles. The van der Waals surface area contributed by atoms with Crippen molar-refractivity contribution in [2.75, 3.05) is 5.32 Å². The van der Waals surface area contributed by atoms with Crippen LogP contribution in [0.4, 0.5) is 5.69 Å². The number of benzene rings is 1. The number of anilines is 1. The van der Waals surface area contributed by atoms with E-state index < -0.39 is 0 Å². The minimum atomic E-state index is 0.203. The molecule has 3 atom stereocenters. The molecule has 0 unspecified atom stereocenters. The lowest BCUT2D eigenvalue weighted by Crippen LogP contribution is -2.16. The van der Waals surface area contributed by atoms with Crippen LogP contribution in [0.5, 0.6) is 0 Å². The number of allylic oxidation sites excluding steroid dienone is 2. The number of nitrogens with one attached hydrogen (secondary N) is 1. The minimum Gasteiger partial charge on any atom is -0.326 e. The zero-order chi connectivity index (χ0) is 13.2. The minimum absolute atomic E-state index is 0.203. The molecule has 3 rings (SSSR count). The largest absolute Gasteiger partial charge is 0.326 e. The second-order valence-electron chi connectivity index (χ2n) is 5.78. The molecule has 19 heavy (non-hydrogen) atoms. The quantitative estimate of drug-likeness (QED) is 0.797. The fraction of sp³-hybridized carbons (Fsp3) is 0.471. The number of hydrogen-bond donors (Lipinski definition) is 1. The van der Waals surface area contributed by atoms with Crippen molar-refractivity contribution < 1.29 is 4.79 Å². The van der Waals surface area contributed by atoms with E-state index in [0.717, 1.165) is 11.3 Å².